The Morgan fingerprint density at radius 2 is 1.98 bits per heavy atom. The second-order valence-electron chi connectivity index (χ2n) is 13.6. The summed E-state index contributed by atoms with van der Waals surface area (Å²) in [6.07, 6.45) is 3.17. The molecule has 0 unspecified atom stereocenters. The van der Waals surface area contributed by atoms with Crippen molar-refractivity contribution in [1.29, 1.82) is 0 Å². The average Bonchev–Trinajstić information content (AvgIpc) is 3.80. The zero-order valence-electron chi connectivity index (χ0n) is 31.1. The van der Waals surface area contributed by atoms with Crippen molar-refractivity contribution in [2.75, 3.05) is 45.2 Å². The number of likely N-dealkylation sites (N-methyl/N-ethyl adjacent to an activating group) is 1. The fraction of sp³-hybridized carbons (Fsp3) is 0.611. The van der Waals surface area contributed by atoms with Gasteiger partial charge in [-0.2, -0.15) is 0 Å². The Balaban J connectivity index is 1.74. The van der Waals surface area contributed by atoms with Crippen LogP contribution in [-0.2, 0) is 39.8 Å². The predicted octanol–water partition coefficient (Wildman–Crippen LogP) is 4.92. The molecular formula is C36H50ClN3O10S2. The van der Waals surface area contributed by atoms with E-state index in [1.54, 1.807) is 73.7 Å². The molecule has 4 bridgehead atoms. The number of rotatable bonds is 9. The molecule has 16 heteroatoms. The second-order valence-corrected chi connectivity index (χ2v) is 16.7. The molecule has 3 aliphatic heterocycles. The third-order valence-electron chi connectivity index (χ3n) is 10.0. The highest BCUT2D eigenvalue weighted by Crippen LogP contribution is 2.49. The quantitative estimate of drug-likeness (QED) is 0.151. The topological polar surface area (TPSA) is 156 Å². The summed E-state index contributed by atoms with van der Waals surface area (Å²) in [6.45, 7) is 7.02. The number of amides is 3. The first-order valence-corrected chi connectivity index (χ1v) is 20.1. The molecule has 0 radical (unpaired) electrons. The molecule has 3 aliphatic rings. The van der Waals surface area contributed by atoms with Crippen LogP contribution in [0.1, 0.15) is 52.5 Å². The molecule has 13 nitrogen and oxygen atoms in total. The van der Waals surface area contributed by atoms with Gasteiger partial charge in [-0.25, -0.2) is 9.59 Å². The number of fused-ring (bicyclic) bond motifs is 5. The number of aliphatic hydroxyl groups is 1. The Hall–Kier alpha value is -2.95. The third kappa shape index (κ3) is 9.40. The van der Waals surface area contributed by atoms with Gasteiger partial charge in [-0.05, 0) is 51.1 Å². The highest BCUT2D eigenvalue weighted by Gasteiger charge is 2.64. The molecule has 3 heterocycles. The first kappa shape index (κ1) is 41.8. The lowest BCUT2D eigenvalue weighted by Gasteiger charge is -2.42. The number of benzene rings is 1. The summed E-state index contributed by atoms with van der Waals surface area (Å²) < 4.78 is 29.2. The van der Waals surface area contributed by atoms with Crippen LogP contribution in [0.2, 0.25) is 5.02 Å². The zero-order valence-corrected chi connectivity index (χ0v) is 33.5. The van der Waals surface area contributed by atoms with E-state index in [0.29, 0.717) is 23.6 Å². The van der Waals surface area contributed by atoms with Crippen LogP contribution in [0.3, 0.4) is 0 Å². The summed E-state index contributed by atoms with van der Waals surface area (Å²) >= 11 is 6.75. The number of halogens is 1. The monoisotopic (exact) mass is 783 g/mol. The molecule has 0 spiro atoms. The molecule has 0 saturated carbocycles. The van der Waals surface area contributed by atoms with Crippen molar-refractivity contribution in [3.05, 3.63) is 46.5 Å². The highest BCUT2D eigenvalue weighted by molar-refractivity contribution is 8.76. The number of epoxide rings is 1. The van der Waals surface area contributed by atoms with E-state index < -0.39 is 65.7 Å². The van der Waals surface area contributed by atoms with Crippen molar-refractivity contribution in [3.63, 3.8) is 0 Å². The maximum absolute atomic E-state index is 14.1. The number of alkyl carbamates (subject to hydrolysis) is 1. The van der Waals surface area contributed by atoms with Gasteiger partial charge in [0, 0.05) is 45.7 Å². The van der Waals surface area contributed by atoms with E-state index in [0.717, 1.165) is 11.1 Å². The summed E-state index contributed by atoms with van der Waals surface area (Å²) in [5, 5.41) is 14.5. The number of anilines is 1. The average molecular weight is 784 g/mol. The molecule has 0 aromatic heterocycles. The van der Waals surface area contributed by atoms with Gasteiger partial charge in [0.1, 0.15) is 40.7 Å². The molecule has 2 N–H and O–H groups in total. The van der Waals surface area contributed by atoms with Gasteiger partial charge in [0.25, 0.3) is 0 Å². The van der Waals surface area contributed by atoms with Crippen LogP contribution in [-0.4, -0.2) is 116 Å². The van der Waals surface area contributed by atoms with E-state index >= 15 is 0 Å². The minimum Gasteiger partial charge on any atom is -0.495 e. The Morgan fingerprint density at radius 1 is 1.27 bits per heavy atom. The first-order valence-electron chi connectivity index (χ1n) is 17.0. The number of carbonyl (C=O) groups is 4. The van der Waals surface area contributed by atoms with E-state index in [2.05, 4.69) is 5.32 Å². The van der Waals surface area contributed by atoms with Crippen LogP contribution >= 0.6 is 33.2 Å². The zero-order chi connectivity index (χ0) is 38.5. The molecule has 2 saturated heterocycles. The van der Waals surface area contributed by atoms with Crippen molar-refractivity contribution in [1.82, 2.24) is 10.2 Å². The second kappa shape index (κ2) is 17.5. The minimum absolute atomic E-state index is 0.0452. The third-order valence-corrected chi connectivity index (χ3v) is 12.2. The van der Waals surface area contributed by atoms with Crippen LogP contribution in [0.4, 0.5) is 10.5 Å². The largest absolute Gasteiger partial charge is 0.495 e. The number of hydrogen-bond donors (Lipinski definition) is 2. The van der Waals surface area contributed by atoms with Gasteiger partial charge < -0.3 is 38.6 Å². The summed E-state index contributed by atoms with van der Waals surface area (Å²) in [6, 6.07) is 2.63. The molecule has 3 amide bonds. The molecule has 1 aromatic rings. The van der Waals surface area contributed by atoms with Gasteiger partial charge in [-0.3, -0.25) is 14.9 Å². The molecule has 0 aliphatic carbocycles. The van der Waals surface area contributed by atoms with Gasteiger partial charge in [-0.1, -0.05) is 63.9 Å². The van der Waals surface area contributed by atoms with Crippen LogP contribution in [0.5, 0.6) is 5.75 Å². The number of allylic oxidation sites excluding steroid dienone is 3. The van der Waals surface area contributed by atoms with Gasteiger partial charge in [0.05, 0.1) is 25.3 Å². The van der Waals surface area contributed by atoms with Crippen molar-refractivity contribution >= 4 is 62.8 Å². The van der Waals surface area contributed by atoms with E-state index in [-0.39, 0.29) is 30.2 Å². The summed E-state index contributed by atoms with van der Waals surface area (Å²) in [4.78, 5) is 56.2. The summed E-state index contributed by atoms with van der Waals surface area (Å²) in [5.74, 6) is -0.916. The van der Waals surface area contributed by atoms with Crippen molar-refractivity contribution in [3.8, 4) is 5.75 Å². The molecule has 1 aromatic carbocycles. The lowest BCUT2D eigenvalue weighted by Crippen LogP contribution is -2.63. The number of nitrogens with zero attached hydrogens (tertiary/aromatic N) is 2. The number of carbonyl (C=O) groups excluding carboxylic acids is 4. The summed E-state index contributed by atoms with van der Waals surface area (Å²) in [5.41, 5.74) is -0.884. The summed E-state index contributed by atoms with van der Waals surface area (Å²) in [7, 11) is 9.14. The Morgan fingerprint density at radius 3 is 2.63 bits per heavy atom. The van der Waals surface area contributed by atoms with Crippen LogP contribution in [0.15, 0.2) is 35.9 Å². The van der Waals surface area contributed by atoms with Crippen molar-refractivity contribution in [2.45, 2.75) is 95.2 Å². The van der Waals surface area contributed by atoms with E-state index in [9.17, 15) is 24.3 Å². The number of esters is 1. The van der Waals surface area contributed by atoms with Gasteiger partial charge in [0.15, 0.2) is 5.72 Å². The van der Waals surface area contributed by atoms with Gasteiger partial charge in [-0.15, -0.1) is 0 Å². The lowest BCUT2D eigenvalue weighted by molar-refractivity contribution is -0.161. The standard InChI is InChI=1S/C36H50ClN3O10S2/c1-20-11-10-12-27(47-8)36(45)19-26(48-34(44)38-36)21(2)32-35(4,50-32)28(49-33(43)22(3)39(5)29(41)13-14-52-51-9)18-30(42)40(6)24-16-23(15-20)17-25(46-7)31(24)37/h10-12,16-17,21-22,26-28,32,45H,13-15,18-19H2,1-9H3,(H,38,44)/b12-10+,20-11+/t21-,22+,26+,27-,28+,32+,35-,36+/m1/s1. The fourth-order valence-corrected chi connectivity index (χ4v) is 8.09. The van der Waals surface area contributed by atoms with Crippen LogP contribution in [0, 0.1) is 5.92 Å². The molecular weight excluding hydrogens is 734 g/mol. The van der Waals surface area contributed by atoms with Crippen molar-refractivity contribution in [2.24, 2.45) is 5.92 Å². The molecule has 52 heavy (non-hydrogen) atoms. The maximum atomic E-state index is 14.1. The number of nitrogens with one attached hydrogen (secondary N) is 1. The molecule has 8 atom stereocenters. The molecule has 4 rings (SSSR count). The maximum Gasteiger partial charge on any atom is 0.409 e. The number of hydrogen-bond acceptors (Lipinski definition) is 12. The lowest BCUT2D eigenvalue weighted by atomic mass is 9.83. The molecule has 288 valence electrons. The first-order chi connectivity index (χ1) is 24.5. The smallest absolute Gasteiger partial charge is 0.409 e. The van der Waals surface area contributed by atoms with Gasteiger partial charge in [0.2, 0.25) is 11.8 Å². The SMILES string of the molecule is COc1cc2cc(c1Cl)N(C)C(=O)C[C@H](OC(=O)[C@H](C)N(C)C(=O)CCSSC)[C@@]1(C)O[C@H]1[C@H](C)[C@@H]1C[C@@](O)(NC(=O)O1)[C@H](OC)/C=C/C=C(\C)C2. The van der Waals surface area contributed by atoms with Gasteiger partial charge >= 0.3 is 12.1 Å². The Kier molecular flexibility index (Phi) is 14.0. The van der Waals surface area contributed by atoms with Crippen LogP contribution < -0.4 is 15.0 Å². The van der Waals surface area contributed by atoms with E-state index in [4.69, 9.17) is 35.3 Å². The minimum atomic E-state index is -1.82. The van der Waals surface area contributed by atoms with Crippen LogP contribution in [0.25, 0.3) is 0 Å². The Labute approximate surface area is 318 Å². The number of ether oxygens (including phenoxy) is 5. The highest BCUT2D eigenvalue weighted by atomic mass is 35.5. The van der Waals surface area contributed by atoms with E-state index in [1.165, 1.54) is 31.1 Å². The molecule has 2 fully saturated rings. The predicted molar refractivity (Wildman–Crippen MR) is 202 cm³/mol. The van der Waals surface area contributed by atoms with E-state index in [1.807, 2.05) is 19.3 Å². The van der Waals surface area contributed by atoms with Crippen molar-refractivity contribution < 1.29 is 48.0 Å². The fourth-order valence-electron chi connectivity index (χ4n) is 6.61. The number of methoxy groups -OCH3 is 2. The normalized spacial score (nSPS) is 31.6. The Bertz CT molecular complexity index is 1580.